The smallest absolute Gasteiger partial charge is 0.185 e. The summed E-state index contributed by atoms with van der Waals surface area (Å²) in [5.41, 5.74) is 0.497. The molecule has 0 amide bonds. The molecule has 2 aromatic rings. The molecule has 0 aliphatic rings. The summed E-state index contributed by atoms with van der Waals surface area (Å²) in [4.78, 5) is 11.8. The van der Waals surface area contributed by atoms with Gasteiger partial charge in [0.2, 0.25) is 0 Å². The first-order valence-electron chi connectivity index (χ1n) is 5.54. The molecular weight excluding hydrogens is 283 g/mol. The van der Waals surface area contributed by atoms with E-state index >= 15 is 0 Å². The van der Waals surface area contributed by atoms with Crippen LogP contribution in [0.5, 0.6) is 0 Å². The predicted molar refractivity (Wildman–Crippen MR) is 77.7 cm³/mol. The molecule has 0 aliphatic carbocycles. The highest BCUT2D eigenvalue weighted by atomic mass is 35.5. The standard InChI is InChI=1S/C15H10Cl2O2/c16-13-8-7-11(10-14(13)17)15(18)6-2-1-4-12-5-3-9-19-12/h1-10H/b4-1+,6-2+. The highest BCUT2D eigenvalue weighted by Gasteiger charge is 2.04. The molecule has 96 valence electrons. The van der Waals surface area contributed by atoms with Gasteiger partial charge >= 0.3 is 0 Å². The zero-order valence-electron chi connectivity index (χ0n) is 9.85. The lowest BCUT2D eigenvalue weighted by molar-refractivity contribution is 0.104. The van der Waals surface area contributed by atoms with E-state index < -0.39 is 0 Å². The van der Waals surface area contributed by atoms with E-state index in [1.165, 1.54) is 6.08 Å². The van der Waals surface area contributed by atoms with Gasteiger partial charge in [-0.05, 0) is 42.5 Å². The molecule has 0 saturated carbocycles. The molecule has 1 aromatic carbocycles. The van der Waals surface area contributed by atoms with Gasteiger partial charge in [0.15, 0.2) is 5.78 Å². The summed E-state index contributed by atoms with van der Waals surface area (Å²) in [5, 5.41) is 0.798. The Morgan fingerprint density at radius 3 is 2.63 bits per heavy atom. The Labute approximate surface area is 120 Å². The summed E-state index contributed by atoms with van der Waals surface area (Å²) >= 11 is 11.6. The first kappa shape index (κ1) is 13.7. The molecule has 0 atom stereocenters. The minimum atomic E-state index is -0.136. The molecule has 1 aromatic heterocycles. The van der Waals surface area contributed by atoms with Gasteiger partial charge in [0.05, 0.1) is 16.3 Å². The van der Waals surface area contributed by atoms with Crippen LogP contribution in [0.3, 0.4) is 0 Å². The van der Waals surface area contributed by atoms with Crippen LogP contribution >= 0.6 is 23.2 Å². The van der Waals surface area contributed by atoms with E-state index in [0.717, 1.165) is 5.76 Å². The van der Waals surface area contributed by atoms with Crippen molar-refractivity contribution >= 4 is 35.1 Å². The van der Waals surface area contributed by atoms with Crippen LogP contribution in [0.25, 0.3) is 6.08 Å². The first-order chi connectivity index (χ1) is 9.16. The van der Waals surface area contributed by atoms with Crippen molar-refractivity contribution in [3.63, 3.8) is 0 Å². The van der Waals surface area contributed by atoms with Crippen LogP contribution in [-0.4, -0.2) is 5.78 Å². The van der Waals surface area contributed by atoms with Crippen LogP contribution in [-0.2, 0) is 0 Å². The van der Waals surface area contributed by atoms with E-state index in [4.69, 9.17) is 27.6 Å². The zero-order valence-corrected chi connectivity index (χ0v) is 11.4. The summed E-state index contributed by atoms with van der Waals surface area (Å²) in [5.74, 6) is 0.592. The lowest BCUT2D eigenvalue weighted by Crippen LogP contribution is -1.93. The van der Waals surface area contributed by atoms with Gasteiger partial charge in [-0.1, -0.05) is 35.4 Å². The number of carbonyl (C=O) groups excluding carboxylic acids is 1. The number of hydrogen-bond acceptors (Lipinski definition) is 2. The molecule has 0 aliphatic heterocycles. The second-order valence-electron chi connectivity index (χ2n) is 3.73. The zero-order chi connectivity index (χ0) is 13.7. The topological polar surface area (TPSA) is 30.2 Å². The van der Waals surface area contributed by atoms with Crippen LogP contribution in [0.15, 0.2) is 59.2 Å². The number of furan rings is 1. The van der Waals surface area contributed by atoms with Crippen LogP contribution in [0.1, 0.15) is 16.1 Å². The third kappa shape index (κ3) is 3.85. The highest BCUT2D eigenvalue weighted by molar-refractivity contribution is 6.42. The van der Waals surface area contributed by atoms with Crippen molar-refractivity contribution < 1.29 is 9.21 Å². The molecule has 0 N–H and O–H groups in total. The Balaban J connectivity index is 2.02. The number of hydrogen-bond donors (Lipinski definition) is 0. The predicted octanol–water partition coefficient (Wildman–Crippen LogP) is 5.04. The third-order valence-electron chi connectivity index (χ3n) is 2.37. The second-order valence-corrected chi connectivity index (χ2v) is 4.54. The average molecular weight is 293 g/mol. The van der Waals surface area contributed by atoms with Crippen LogP contribution in [0.2, 0.25) is 10.0 Å². The second kappa shape index (κ2) is 6.41. The molecule has 1 heterocycles. The van der Waals surface area contributed by atoms with Gasteiger partial charge in [0.1, 0.15) is 5.76 Å². The van der Waals surface area contributed by atoms with Crippen LogP contribution in [0.4, 0.5) is 0 Å². The van der Waals surface area contributed by atoms with Crippen LogP contribution in [0, 0.1) is 0 Å². The molecule has 0 spiro atoms. The molecule has 0 bridgehead atoms. The van der Waals surface area contributed by atoms with E-state index in [-0.39, 0.29) is 5.78 Å². The van der Waals surface area contributed by atoms with Gasteiger partial charge in [0.25, 0.3) is 0 Å². The SMILES string of the molecule is O=C(/C=C/C=C/c1ccco1)c1ccc(Cl)c(Cl)c1. The lowest BCUT2D eigenvalue weighted by Gasteiger charge is -1.98. The maximum Gasteiger partial charge on any atom is 0.185 e. The average Bonchev–Trinajstić information content (AvgIpc) is 2.91. The molecule has 0 saturated heterocycles. The van der Waals surface area contributed by atoms with Crippen molar-refractivity contribution in [3.05, 3.63) is 76.2 Å². The van der Waals surface area contributed by atoms with Crippen molar-refractivity contribution in [2.45, 2.75) is 0 Å². The number of benzene rings is 1. The fourth-order valence-corrected chi connectivity index (χ4v) is 1.72. The Hall–Kier alpha value is -1.77. The van der Waals surface area contributed by atoms with Crippen molar-refractivity contribution in [3.8, 4) is 0 Å². The number of carbonyl (C=O) groups is 1. The van der Waals surface area contributed by atoms with Gasteiger partial charge in [-0.25, -0.2) is 0 Å². The Kier molecular flexibility index (Phi) is 4.61. The maximum atomic E-state index is 11.8. The van der Waals surface area contributed by atoms with Gasteiger partial charge in [0, 0.05) is 5.56 Å². The van der Waals surface area contributed by atoms with Crippen molar-refractivity contribution in [2.24, 2.45) is 0 Å². The number of ketones is 1. The lowest BCUT2D eigenvalue weighted by atomic mass is 10.1. The molecule has 0 radical (unpaired) electrons. The molecule has 2 nitrogen and oxygen atoms in total. The van der Waals surface area contributed by atoms with E-state index in [1.54, 1.807) is 48.8 Å². The fraction of sp³-hybridized carbons (Fsp3) is 0. The Bertz CT molecular complexity index is 626. The third-order valence-corrected chi connectivity index (χ3v) is 3.11. The van der Waals surface area contributed by atoms with Gasteiger partial charge in [-0.2, -0.15) is 0 Å². The van der Waals surface area contributed by atoms with E-state index in [2.05, 4.69) is 0 Å². The minimum absolute atomic E-state index is 0.136. The minimum Gasteiger partial charge on any atom is -0.465 e. The van der Waals surface area contributed by atoms with Crippen molar-refractivity contribution in [2.75, 3.05) is 0 Å². The number of rotatable bonds is 4. The first-order valence-corrected chi connectivity index (χ1v) is 6.30. The quantitative estimate of drug-likeness (QED) is 0.449. The summed E-state index contributed by atoms with van der Waals surface area (Å²) in [7, 11) is 0. The summed E-state index contributed by atoms with van der Waals surface area (Å²) < 4.78 is 5.12. The van der Waals surface area contributed by atoms with E-state index in [0.29, 0.717) is 15.6 Å². The molecular formula is C15H10Cl2O2. The molecule has 0 unspecified atom stereocenters. The van der Waals surface area contributed by atoms with Crippen molar-refractivity contribution in [1.29, 1.82) is 0 Å². The molecule has 0 fully saturated rings. The summed E-state index contributed by atoms with van der Waals surface area (Å²) in [6.07, 6.45) is 8.18. The maximum absolute atomic E-state index is 11.8. The van der Waals surface area contributed by atoms with Gasteiger partial charge in [-0.15, -0.1) is 0 Å². The monoisotopic (exact) mass is 292 g/mol. The fourth-order valence-electron chi connectivity index (χ4n) is 1.43. The number of halogens is 2. The van der Waals surface area contributed by atoms with E-state index in [9.17, 15) is 4.79 Å². The van der Waals surface area contributed by atoms with E-state index in [1.807, 2.05) is 6.07 Å². The summed E-state index contributed by atoms with van der Waals surface area (Å²) in [6, 6.07) is 8.41. The normalized spacial score (nSPS) is 11.5. The molecule has 19 heavy (non-hydrogen) atoms. The Morgan fingerprint density at radius 1 is 1.11 bits per heavy atom. The van der Waals surface area contributed by atoms with Gasteiger partial charge in [-0.3, -0.25) is 4.79 Å². The molecule has 2 rings (SSSR count). The largest absolute Gasteiger partial charge is 0.465 e. The molecule has 4 heteroatoms. The highest BCUT2D eigenvalue weighted by Crippen LogP contribution is 2.22. The van der Waals surface area contributed by atoms with Crippen LogP contribution < -0.4 is 0 Å². The van der Waals surface area contributed by atoms with Gasteiger partial charge < -0.3 is 4.42 Å². The summed E-state index contributed by atoms with van der Waals surface area (Å²) in [6.45, 7) is 0. The van der Waals surface area contributed by atoms with Crippen molar-refractivity contribution in [1.82, 2.24) is 0 Å². The number of allylic oxidation sites excluding steroid dienone is 3. The Morgan fingerprint density at radius 2 is 1.95 bits per heavy atom.